The van der Waals surface area contributed by atoms with Crippen LogP contribution >= 0.6 is 11.6 Å². The number of hydrogen-bond acceptors (Lipinski definition) is 1. The van der Waals surface area contributed by atoms with E-state index in [1.54, 1.807) is 0 Å². The fourth-order valence-corrected chi connectivity index (χ4v) is 1.98. The van der Waals surface area contributed by atoms with Gasteiger partial charge in [0.2, 0.25) is 5.24 Å². The summed E-state index contributed by atoms with van der Waals surface area (Å²) in [6.45, 7) is 2.05. The Labute approximate surface area is 106 Å². The van der Waals surface area contributed by atoms with Crippen molar-refractivity contribution >= 4 is 16.8 Å². The van der Waals surface area contributed by atoms with Gasteiger partial charge in [-0.15, -0.1) is 0 Å². The Morgan fingerprint density at radius 1 is 1.06 bits per heavy atom. The third-order valence-electron chi connectivity index (χ3n) is 2.71. The van der Waals surface area contributed by atoms with Gasteiger partial charge in [0.25, 0.3) is 0 Å². The first kappa shape index (κ1) is 11.9. The summed E-state index contributed by atoms with van der Waals surface area (Å²) in [6, 6.07) is 16.1. The lowest BCUT2D eigenvalue weighted by Crippen LogP contribution is -1.96. The van der Waals surface area contributed by atoms with Crippen LogP contribution < -0.4 is 0 Å². The normalized spacial score (nSPS) is 10.2. The van der Waals surface area contributed by atoms with Crippen molar-refractivity contribution in [3.05, 3.63) is 59.7 Å². The zero-order valence-corrected chi connectivity index (χ0v) is 10.4. The average molecular weight is 245 g/mol. The molecule has 17 heavy (non-hydrogen) atoms. The van der Waals surface area contributed by atoms with E-state index in [4.69, 9.17) is 11.6 Å². The summed E-state index contributed by atoms with van der Waals surface area (Å²) in [6.07, 6.45) is 0.269. The lowest BCUT2D eigenvalue weighted by molar-refractivity contribution is -0.111. The van der Waals surface area contributed by atoms with Crippen LogP contribution in [0.4, 0.5) is 0 Å². The maximum atomic E-state index is 11.0. The summed E-state index contributed by atoms with van der Waals surface area (Å²) in [4.78, 5) is 11.0. The first-order valence-corrected chi connectivity index (χ1v) is 5.88. The van der Waals surface area contributed by atoms with Crippen molar-refractivity contribution in [1.29, 1.82) is 0 Å². The quantitative estimate of drug-likeness (QED) is 0.747. The maximum absolute atomic E-state index is 11.0. The topological polar surface area (TPSA) is 17.1 Å². The van der Waals surface area contributed by atoms with E-state index in [0.717, 1.165) is 16.7 Å². The largest absolute Gasteiger partial charge is 0.281 e. The fraction of sp³-hybridized carbons (Fsp3) is 0.133. The summed E-state index contributed by atoms with van der Waals surface area (Å²) in [5.41, 5.74) is 4.38. The van der Waals surface area contributed by atoms with Gasteiger partial charge in [-0.25, -0.2) is 0 Å². The van der Waals surface area contributed by atoms with E-state index in [1.807, 2.05) is 24.3 Å². The first-order valence-electron chi connectivity index (χ1n) is 5.50. The highest BCUT2D eigenvalue weighted by atomic mass is 35.5. The van der Waals surface area contributed by atoms with E-state index in [1.165, 1.54) is 5.56 Å². The van der Waals surface area contributed by atoms with Crippen LogP contribution in [0.1, 0.15) is 11.1 Å². The molecule has 1 nitrogen and oxygen atoms in total. The Bertz CT molecular complexity index is 529. The number of rotatable bonds is 3. The predicted octanol–water partition coefficient (Wildman–Crippen LogP) is 3.97. The molecule has 0 aromatic heterocycles. The maximum Gasteiger partial charge on any atom is 0.226 e. The van der Waals surface area contributed by atoms with Crippen LogP contribution in [0, 0.1) is 6.92 Å². The van der Waals surface area contributed by atoms with E-state index in [-0.39, 0.29) is 11.7 Å². The molecule has 0 aliphatic heterocycles. The van der Waals surface area contributed by atoms with Crippen LogP contribution in [0.2, 0.25) is 0 Å². The van der Waals surface area contributed by atoms with Crippen LogP contribution in [0.15, 0.2) is 48.5 Å². The van der Waals surface area contributed by atoms with Gasteiger partial charge in [0.05, 0.1) is 0 Å². The molecule has 0 radical (unpaired) electrons. The van der Waals surface area contributed by atoms with E-state index in [0.29, 0.717) is 0 Å². The lowest BCUT2D eigenvalue weighted by atomic mass is 9.97. The summed E-state index contributed by atoms with van der Waals surface area (Å²) in [7, 11) is 0. The number of carbonyl (C=O) groups excluding carboxylic acids is 1. The molecule has 0 spiro atoms. The molecule has 0 bridgehead atoms. The van der Waals surface area contributed by atoms with Gasteiger partial charge in [-0.1, -0.05) is 54.1 Å². The minimum Gasteiger partial charge on any atom is -0.281 e. The van der Waals surface area contributed by atoms with Crippen LogP contribution in [0.25, 0.3) is 11.1 Å². The van der Waals surface area contributed by atoms with Crippen molar-refractivity contribution in [3.63, 3.8) is 0 Å². The average Bonchev–Trinajstić information content (AvgIpc) is 2.30. The second-order valence-corrected chi connectivity index (χ2v) is 4.48. The van der Waals surface area contributed by atoms with Crippen molar-refractivity contribution in [2.24, 2.45) is 0 Å². The molecule has 0 saturated heterocycles. The van der Waals surface area contributed by atoms with Gasteiger partial charge in [0.1, 0.15) is 0 Å². The molecule has 0 fully saturated rings. The molecular weight excluding hydrogens is 232 g/mol. The van der Waals surface area contributed by atoms with Crippen LogP contribution in [0.5, 0.6) is 0 Å². The van der Waals surface area contributed by atoms with Crippen LogP contribution in [0.3, 0.4) is 0 Å². The van der Waals surface area contributed by atoms with Crippen molar-refractivity contribution in [2.75, 3.05) is 0 Å². The van der Waals surface area contributed by atoms with Crippen LogP contribution in [-0.2, 0) is 11.2 Å². The number of carbonyl (C=O) groups is 1. The molecule has 0 aliphatic carbocycles. The minimum atomic E-state index is -0.329. The van der Waals surface area contributed by atoms with Gasteiger partial charge in [-0.3, -0.25) is 4.79 Å². The van der Waals surface area contributed by atoms with Gasteiger partial charge in [-0.05, 0) is 35.2 Å². The number of benzene rings is 2. The number of hydrogen-bond donors (Lipinski definition) is 0. The minimum absolute atomic E-state index is 0.269. The summed E-state index contributed by atoms with van der Waals surface area (Å²) >= 11 is 5.46. The molecule has 2 aromatic carbocycles. The van der Waals surface area contributed by atoms with Gasteiger partial charge in [-0.2, -0.15) is 0 Å². The second-order valence-electron chi connectivity index (χ2n) is 4.06. The van der Waals surface area contributed by atoms with Gasteiger partial charge in [0, 0.05) is 6.42 Å². The molecule has 0 atom stereocenters. The van der Waals surface area contributed by atoms with E-state index in [2.05, 4.69) is 31.2 Å². The lowest BCUT2D eigenvalue weighted by Gasteiger charge is -2.08. The molecule has 86 valence electrons. The van der Waals surface area contributed by atoms with Crippen molar-refractivity contribution in [3.8, 4) is 11.1 Å². The highest BCUT2D eigenvalue weighted by Crippen LogP contribution is 2.24. The number of aryl methyl sites for hydroxylation is 1. The Hall–Kier alpha value is -1.60. The Kier molecular flexibility index (Phi) is 3.60. The predicted molar refractivity (Wildman–Crippen MR) is 71.2 cm³/mol. The molecule has 0 amide bonds. The molecule has 2 aromatic rings. The zero-order chi connectivity index (χ0) is 12.3. The molecule has 0 unspecified atom stereocenters. The molecule has 0 heterocycles. The Morgan fingerprint density at radius 3 is 2.35 bits per heavy atom. The standard InChI is InChI=1S/C15H13ClO/c1-11-6-8-12(9-7-11)14-5-3-2-4-13(14)10-15(16)17/h2-9H,10H2,1H3. The Balaban J connectivity index is 2.44. The van der Waals surface area contributed by atoms with Gasteiger partial charge >= 0.3 is 0 Å². The van der Waals surface area contributed by atoms with Crippen molar-refractivity contribution in [2.45, 2.75) is 13.3 Å². The zero-order valence-electron chi connectivity index (χ0n) is 9.61. The molecule has 0 aliphatic rings. The third kappa shape index (κ3) is 2.95. The van der Waals surface area contributed by atoms with E-state index >= 15 is 0 Å². The first-order chi connectivity index (χ1) is 8.16. The highest BCUT2D eigenvalue weighted by molar-refractivity contribution is 6.63. The molecule has 0 N–H and O–H groups in total. The third-order valence-corrected chi connectivity index (χ3v) is 2.84. The molecule has 0 saturated carbocycles. The number of halogens is 1. The van der Waals surface area contributed by atoms with Crippen molar-refractivity contribution in [1.82, 2.24) is 0 Å². The smallest absolute Gasteiger partial charge is 0.226 e. The molecule has 2 heteroatoms. The van der Waals surface area contributed by atoms with Gasteiger partial charge < -0.3 is 0 Å². The molecule has 2 rings (SSSR count). The highest BCUT2D eigenvalue weighted by Gasteiger charge is 2.07. The molecular formula is C15H13ClO. The van der Waals surface area contributed by atoms with Crippen LogP contribution in [-0.4, -0.2) is 5.24 Å². The Morgan fingerprint density at radius 2 is 1.71 bits per heavy atom. The fourth-order valence-electron chi connectivity index (χ4n) is 1.84. The summed E-state index contributed by atoms with van der Waals surface area (Å²) in [5, 5.41) is -0.329. The van der Waals surface area contributed by atoms with E-state index < -0.39 is 0 Å². The summed E-state index contributed by atoms with van der Waals surface area (Å²) < 4.78 is 0. The van der Waals surface area contributed by atoms with Crippen molar-refractivity contribution < 1.29 is 4.79 Å². The van der Waals surface area contributed by atoms with E-state index in [9.17, 15) is 4.79 Å². The summed E-state index contributed by atoms with van der Waals surface area (Å²) in [5.74, 6) is 0. The second kappa shape index (κ2) is 5.15. The SMILES string of the molecule is Cc1ccc(-c2ccccc2CC(=O)Cl)cc1. The monoisotopic (exact) mass is 244 g/mol. The van der Waals surface area contributed by atoms with Gasteiger partial charge in [0.15, 0.2) is 0 Å².